The summed E-state index contributed by atoms with van der Waals surface area (Å²) in [6.45, 7) is 0. The Bertz CT molecular complexity index is 1840. The number of pyridine rings is 3. The largest absolute Gasteiger partial charge is 0.497 e. The molecule has 1 aliphatic carbocycles. The molecule has 5 aromatic heterocycles. The number of imidazole rings is 1. The van der Waals surface area contributed by atoms with Crippen LogP contribution >= 0.6 is 0 Å². The van der Waals surface area contributed by atoms with Crippen LogP contribution in [0, 0.1) is 5.82 Å². The molecule has 0 radical (unpaired) electrons. The zero-order valence-corrected chi connectivity index (χ0v) is 21.8. The molecule has 6 aromatic rings. The first-order valence-electron chi connectivity index (χ1n) is 13.3. The van der Waals surface area contributed by atoms with Gasteiger partial charge in [0.1, 0.15) is 23.0 Å². The molecule has 7 rings (SSSR count). The van der Waals surface area contributed by atoms with Crippen molar-refractivity contribution < 1.29 is 13.9 Å². The Morgan fingerprint density at radius 2 is 1.70 bits per heavy atom. The van der Waals surface area contributed by atoms with E-state index < -0.39 is 5.82 Å². The van der Waals surface area contributed by atoms with Crippen LogP contribution in [0.3, 0.4) is 0 Å². The van der Waals surface area contributed by atoms with Crippen molar-refractivity contribution in [2.45, 2.75) is 38.2 Å². The second kappa shape index (κ2) is 10.0. The van der Waals surface area contributed by atoms with E-state index in [2.05, 4.69) is 30.1 Å². The Morgan fingerprint density at radius 1 is 0.850 bits per heavy atom. The lowest BCUT2D eigenvalue weighted by Gasteiger charge is -2.22. The van der Waals surface area contributed by atoms with Crippen molar-refractivity contribution in [3.8, 4) is 45.4 Å². The summed E-state index contributed by atoms with van der Waals surface area (Å²) in [5.74, 6) is 1.33. The number of halogens is 1. The highest BCUT2D eigenvalue weighted by molar-refractivity contribution is 5.97. The van der Waals surface area contributed by atoms with Gasteiger partial charge in [0, 0.05) is 35.0 Å². The maximum Gasteiger partial charge on any atom is 0.159 e. The molecule has 1 fully saturated rings. The van der Waals surface area contributed by atoms with Crippen molar-refractivity contribution in [1.29, 1.82) is 0 Å². The van der Waals surface area contributed by atoms with Crippen LogP contribution in [0.15, 0.2) is 61.3 Å². The number of methoxy groups -OCH3 is 1. The molecule has 1 saturated carbocycles. The van der Waals surface area contributed by atoms with E-state index in [1.807, 2.05) is 12.1 Å². The molecule has 0 bridgehead atoms. The van der Waals surface area contributed by atoms with Crippen LogP contribution < -0.4 is 9.47 Å². The fourth-order valence-corrected chi connectivity index (χ4v) is 5.35. The number of aromatic amines is 2. The number of nitrogens with zero attached hydrogens (tertiary/aromatic N) is 5. The van der Waals surface area contributed by atoms with Crippen molar-refractivity contribution in [2.75, 3.05) is 7.11 Å². The molecule has 1 aliphatic rings. The van der Waals surface area contributed by atoms with Gasteiger partial charge in [-0.2, -0.15) is 5.10 Å². The molecule has 2 N–H and O–H groups in total. The van der Waals surface area contributed by atoms with E-state index in [1.54, 1.807) is 37.1 Å². The Morgan fingerprint density at radius 3 is 2.58 bits per heavy atom. The third-order valence-electron chi connectivity index (χ3n) is 7.35. The third kappa shape index (κ3) is 4.51. The molecule has 200 valence electrons. The Kier molecular flexibility index (Phi) is 6.07. The summed E-state index contributed by atoms with van der Waals surface area (Å²) in [4.78, 5) is 21.6. The molecule has 40 heavy (non-hydrogen) atoms. The molecule has 0 saturated heterocycles. The number of nitrogens with one attached hydrogen (secondary N) is 2. The van der Waals surface area contributed by atoms with E-state index in [-0.39, 0.29) is 6.10 Å². The third-order valence-corrected chi connectivity index (χ3v) is 7.35. The summed E-state index contributed by atoms with van der Waals surface area (Å²) in [5, 5.41) is 8.44. The minimum absolute atomic E-state index is 0.239. The summed E-state index contributed by atoms with van der Waals surface area (Å²) in [7, 11) is 1.51. The van der Waals surface area contributed by atoms with Gasteiger partial charge in [-0.15, -0.1) is 0 Å². The number of benzene rings is 1. The average Bonchev–Trinajstić information content (AvgIpc) is 3.61. The number of ether oxygens (including phenoxy) is 2. The van der Waals surface area contributed by atoms with Crippen molar-refractivity contribution in [2.24, 2.45) is 0 Å². The molecule has 0 aliphatic heterocycles. The number of rotatable bonds is 6. The minimum atomic E-state index is -0.400. The SMILES string of the molecule is COc1cc(F)cc(-c2cncc3[nH]c(-c4n[nH]c5cnc(-c6cncc(OC7CCCCC7)c6)cc45)nc23)c1. The standard InChI is InChI=1S/C30H26FN7O2/c1-39-21-8-17(7-19(31)10-21)24-14-33-15-27-28(24)36-30(35-27)29-23-11-25(34-16-26(23)37-38-29)18-9-22(13-32-12-18)40-20-5-3-2-4-6-20/h7-16,20H,2-6H2,1H3,(H,35,36)(H,37,38). The van der Waals surface area contributed by atoms with Crippen molar-refractivity contribution >= 4 is 21.9 Å². The van der Waals surface area contributed by atoms with Gasteiger partial charge in [-0.05, 0) is 55.5 Å². The summed E-state index contributed by atoms with van der Waals surface area (Å²) in [5.41, 5.74) is 5.68. The fraction of sp³-hybridized carbons (Fsp3) is 0.233. The molecule has 10 heteroatoms. The second-order valence-electron chi connectivity index (χ2n) is 10.0. The second-order valence-corrected chi connectivity index (χ2v) is 10.0. The Hall–Kier alpha value is -4.86. The smallest absolute Gasteiger partial charge is 0.159 e. The molecule has 0 unspecified atom stereocenters. The van der Waals surface area contributed by atoms with E-state index in [0.29, 0.717) is 39.4 Å². The maximum absolute atomic E-state index is 14.3. The van der Waals surface area contributed by atoms with Crippen molar-refractivity contribution in [3.05, 3.63) is 67.1 Å². The van der Waals surface area contributed by atoms with Gasteiger partial charge in [-0.1, -0.05) is 6.42 Å². The first-order valence-corrected chi connectivity index (χ1v) is 13.3. The minimum Gasteiger partial charge on any atom is -0.497 e. The van der Waals surface area contributed by atoms with Crippen LogP contribution in [0.2, 0.25) is 0 Å². The maximum atomic E-state index is 14.3. The van der Waals surface area contributed by atoms with Crippen molar-refractivity contribution in [1.82, 2.24) is 35.1 Å². The van der Waals surface area contributed by atoms with Gasteiger partial charge in [-0.25, -0.2) is 9.37 Å². The van der Waals surface area contributed by atoms with Gasteiger partial charge in [-0.3, -0.25) is 20.1 Å². The molecule has 5 heterocycles. The predicted molar refractivity (Wildman–Crippen MR) is 149 cm³/mol. The van der Waals surface area contributed by atoms with Crippen LogP contribution in [0.25, 0.3) is 55.8 Å². The van der Waals surface area contributed by atoms with E-state index >= 15 is 0 Å². The van der Waals surface area contributed by atoms with Crippen LogP contribution in [-0.4, -0.2) is 48.3 Å². The molecule has 0 atom stereocenters. The normalized spacial score (nSPS) is 14.2. The Labute approximate surface area is 228 Å². The number of aromatic nitrogens is 7. The van der Waals surface area contributed by atoms with E-state index in [1.165, 1.54) is 38.5 Å². The lowest BCUT2D eigenvalue weighted by atomic mass is 9.98. The van der Waals surface area contributed by atoms with Crippen LogP contribution in [0.4, 0.5) is 4.39 Å². The van der Waals surface area contributed by atoms with Crippen LogP contribution in [-0.2, 0) is 0 Å². The number of hydrogen-bond acceptors (Lipinski definition) is 7. The highest BCUT2D eigenvalue weighted by atomic mass is 19.1. The highest BCUT2D eigenvalue weighted by Crippen LogP contribution is 2.34. The zero-order chi connectivity index (χ0) is 27.1. The fourth-order valence-electron chi connectivity index (χ4n) is 5.35. The monoisotopic (exact) mass is 535 g/mol. The van der Waals surface area contributed by atoms with Crippen LogP contribution in [0.5, 0.6) is 11.5 Å². The molecular weight excluding hydrogens is 509 g/mol. The van der Waals surface area contributed by atoms with Gasteiger partial charge < -0.3 is 14.5 Å². The van der Waals surface area contributed by atoms with E-state index in [4.69, 9.17) is 14.5 Å². The van der Waals surface area contributed by atoms with Gasteiger partial charge in [0.25, 0.3) is 0 Å². The number of fused-ring (bicyclic) bond motifs is 2. The first-order chi connectivity index (χ1) is 19.6. The summed E-state index contributed by atoms with van der Waals surface area (Å²) in [6, 6.07) is 8.49. The molecular formula is C30H26FN7O2. The van der Waals surface area contributed by atoms with Crippen molar-refractivity contribution in [3.63, 3.8) is 0 Å². The lowest BCUT2D eigenvalue weighted by molar-refractivity contribution is 0.154. The van der Waals surface area contributed by atoms with E-state index in [0.717, 1.165) is 40.8 Å². The number of hydrogen-bond donors (Lipinski definition) is 2. The van der Waals surface area contributed by atoms with E-state index in [9.17, 15) is 4.39 Å². The highest BCUT2D eigenvalue weighted by Gasteiger charge is 2.18. The lowest BCUT2D eigenvalue weighted by Crippen LogP contribution is -2.19. The first kappa shape index (κ1) is 24.2. The Balaban J connectivity index is 1.26. The summed E-state index contributed by atoms with van der Waals surface area (Å²) < 4.78 is 25.7. The summed E-state index contributed by atoms with van der Waals surface area (Å²) >= 11 is 0. The topological polar surface area (TPSA) is 114 Å². The molecule has 9 nitrogen and oxygen atoms in total. The van der Waals surface area contributed by atoms with Gasteiger partial charge in [0.15, 0.2) is 5.82 Å². The number of H-pyrrole nitrogens is 2. The van der Waals surface area contributed by atoms with Gasteiger partial charge >= 0.3 is 0 Å². The van der Waals surface area contributed by atoms with Gasteiger partial charge in [0.05, 0.1) is 54.0 Å². The van der Waals surface area contributed by atoms with Crippen LogP contribution in [0.1, 0.15) is 32.1 Å². The van der Waals surface area contributed by atoms with Gasteiger partial charge in [0.2, 0.25) is 0 Å². The molecule has 1 aromatic carbocycles. The summed E-state index contributed by atoms with van der Waals surface area (Å²) in [6.07, 6.45) is 14.7. The quantitative estimate of drug-likeness (QED) is 0.251. The zero-order valence-electron chi connectivity index (χ0n) is 21.8. The predicted octanol–water partition coefficient (Wildman–Crippen LogP) is 6.48. The molecule has 0 spiro atoms. The molecule has 0 amide bonds. The average molecular weight is 536 g/mol.